The van der Waals surface area contributed by atoms with Crippen molar-refractivity contribution in [3.05, 3.63) is 54.4 Å². The lowest BCUT2D eigenvalue weighted by atomic mass is 10.1. The third kappa shape index (κ3) is 4.42. The van der Waals surface area contributed by atoms with Gasteiger partial charge in [0.15, 0.2) is 0 Å². The van der Waals surface area contributed by atoms with Crippen LogP contribution >= 0.6 is 0 Å². The maximum atomic E-state index is 12.8. The van der Waals surface area contributed by atoms with Gasteiger partial charge in [0.25, 0.3) is 0 Å². The zero-order chi connectivity index (χ0) is 20.1. The number of hydrogen-bond acceptors (Lipinski definition) is 5. The first-order chi connectivity index (χ1) is 13.4. The van der Waals surface area contributed by atoms with Gasteiger partial charge in [-0.2, -0.15) is 4.31 Å². The summed E-state index contributed by atoms with van der Waals surface area (Å²) < 4.78 is 32.0. The Labute approximate surface area is 165 Å². The molecule has 0 spiro atoms. The molecule has 0 saturated carbocycles. The van der Waals surface area contributed by atoms with Gasteiger partial charge in [0.1, 0.15) is 5.75 Å². The molecule has 3 rings (SSSR count). The van der Waals surface area contributed by atoms with Gasteiger partial charge in [-0.1, -0.05) is 0 Å². The predicted octanol–water partition coefficient (Wildman–Crippen LogP) is 1.87. The minimum atomic E-state index is -3.59. The van der Waals surface area contributed by atoms with Crippen LogP contribution in [0.15, 0.2) is 53.7 Å². The van der Waals surface area contributed by atoms with Gasteiger partial charge in [0, 0.05) is 38.6 Å². The van der Waals surface area contributed by atoms with Gasteiger partial charge in [0.2, 0.25) is 10.0 Å². The number of methoxy groups -OCH3 is 1. The Balaban J connectivity index is 1.58. The summed E-state index contributed by atoms with van der Waals surface area (Å²) in [5, 5.41) is 2.94. The van der Waals surface area contributed by atoms with Crippen LogP contribution in [0.25, 0.3) is 0 Å². The maximum absolute atomic E-state index is 12.8. The van der Waals surface area contributed by atoms with Crippen LogP contribution in [0, 0.1) is 0 Å². The number of ether oxygens (including phenoxy) is 1. The molecule has 1 aliphatic rings. The highest BCUT2D eigenvalue weighted by atomic mass is 32.2. The number of nitrogens with zero attached hydrogens (tertiary/aromatic N) is 3. The lowest BCUT2D eigenvalue weighted by Crippen LogP contribution is -2.53. The summed E-state index contributed by atoms with van der Waals surface area (Å²) in [7, 11) is -2.06. The molecule has 1 saturated heterocycles. The second kappa shape index (κ2) is 8.57. The lowest BCUT2D eigenvalue weighted by Gasteiger charge is -2.34. The van der Waals surface area contributed by atoms with Crippen LogP contribution in [0.5, 0.6) is 5.75 Å². The fourth-order valence-electron chi connectivity index (χ4n) is 3.04. The monoisotopic (exact) mass is 404 g/mol. The van der Waals surface area contributed by atoms with E-state index in [1.807, 2.05) is 19.1 Å². The number of carbonyl (C=O) groups excluding carboxylic acids is 1. The molecule has 0 radical (unpaired) electrons. The minimum absolute atomic E-state index is 0.156. The molecule has 0 bridgehead atoms. The van der Waals surface area contributed by atoms with Crippen molar-refractivity contribution >= 4 is 16.1 Å². The largest absolute Gasteiger partial charge is 0.497 e. The summed E-state index contributed by atoms with van der Waals surface area (Å²) >= 11 is 0. The molecule has 28 heavy (non-hydrogen) atoms. The third-order valence-electron chi connectivity index (χ3n) is 4.77. The summed E-state index contributed by atoms with van der Waals surface area (Å²) in [4.78, 5) is 18.3. The highest BCUT2D eigenvalue weighted by Crippen LogP contribution is 2.21. The molecular weight excluding hydrogens is 380 g/mol. The highest BCUT2D eigenvalue weighted by Gasteiger charge is 2.30. The second-order valence-corrected chi connectivity index (χ2v) is 8.46. The Hall–Kier alpha value is -2.65. The molecule has 150 valence electrons. The SMILES string of the molecule is COc1ccc(S(=O)(=O)N2CCN(C(=O)NC(C)c3ccncc3)CC2)cc1. The van der Waals surface area contributed by atoms with E-state index in [2.05, 4.69) is 10.3 Å². The van der Waals surface area contributed by atoms with Crippen molar-refractivity contribution in [3.8, 4) is 5.75 Å². The zero-order valence-corrected chi connectivity index (χ0v) is 16.7. The average molecular weight is 404 g/mol. The molecule has 1 aromatic heterocycles. The van der Waals surface area contributed by atoms with Gasteiger partial charge >= 0.3 is 6.03 Å². The quantitative estimate of drug-likeness (QED) is 0.821. The number of benzene rings is 1. The van der Waals surface area contributed by atoms with Crippen LogP contribution in [0.3, 0.4) is 0 Å². The predicted molar refractivity (Wildman–Crippen MR) is 105 cm³/mol. The van der Waals surface area contributed by atoms with E-state index in [1.54, 1.807) is 29.4 Å². The number of piperazine rings is 1. The van der Waals surface area contributed by atoms with Crippen LogP contribution in [0.2, 0.25) is 0 Å². The molecule has 8 nitrogen and oxygen atoms in total. The Bertz CT molecular complexity index is 895. The molecule has 0 aliphatic carbocycles. The van der Waals surface area contributed by atoms with Crippen LogP contribution in [0.1, 0.15) is 18.5 Å². The van der Waals surface area contributed by atoms with Gasteiger partial charge in [0.05, 0.1) is 18.0 Å². The van der Waals surface area contributed by atoms with Crippen molar-refractivity contribution in [1.82, 2.24) is 19.5 Å². The number of amides is 2. The first-order valence-corrected chi connectivity index (χ1v) is 10.5. The maximum Gasteiger partial charge on any atom is 0.317 e. The number of aromatic nitrogens is 1. The summed E-state index contributed by atoms with van der Waals surface area (Å²) in [5.41, 5.74) is 0.962. The number of urea groups is 1. The Morgan fingerprint density at radius 1 is 1.07 bits per heavy atom. The normalized spacial score (nSPS) is 16.4. The number of pyridine rings is 1. The van der Waals surface area contributed by atoms with Crippen LogP contribution in [-0.2, 0) is 10.0 Å². The number of carbonyl (C=O) groups is 1. The lowest BCUT2D eigenvalue weighted by molar-refractivity contribution is 0.169. The molecule has 1 N–H and O–H groups in total. The Morgan fingerprint density at radius 2 is 1.68 bits per heavy atom. The van der Waals surface area contributed by atoms with Crippen molar-refractivity contribution in [1.29, 1.82) is 0 Å². The Morgan fingerprint density at radius 3 is 2.25 bits per heavy atom. The van der Waals surface area contributed by atoms with Crippen LogP contribution < -0.4 is 10.1 Å². The summed E-state index contributed by atoms with van der Waals surface area (Å²) in [6, 6.07) is 9.65. The fourth-order valence-corrected chi connectivity index (χ4v) is 4.46. The smallest absolute Gasteiger partial charge is 0.317 e. The van der Waals surface area contributed by atoms with E-state index < -0.39 is 10.0 Å². The van der Waals surface area contributed by atoms with E-state index in [1.165, 1.54) is 23.5 Å². The van der Waals surface area contributed by atoms with E-state index >= 15 is 0 Å². The van der Waals surface area contributed by atoms with E-state index in [-0.39, 0.29) is 30.1 Å². The molecule has 1 unspecified atom stereocenters. The number of nitrogens with one attached hydrogen (secondary N) is 1. The second-order valence-electron chi connectivity index (χ2n) is 6.52. The first kappa shape index (κ1) is 20.1. The number of hydrogen-bond donors (Lipinski definition) is 1. The summed E-state index contributed by atoms with van der Waals surface area (Å²) in [6.45, 7) is 3.09. The first-order valence-electron chi connectivity index (χ1n) is 9.01. The zero-order valence-electron chi connectivity index (χ0n) is 15.9. The number of rotatable bonds is 5. The van der Waals surface area contributed by atoms with E-state index in [0.29, 0.717) is 18.8 Å². The Kier molecular flexibility index (Phi) is 6.15. The molecule has 2 heterocycles. The topological polar surface area (TPSA) is 91.8 Å². The van der Waals surface area contributed by atoms with Gasteiger partial charge in [-0.25, -0.2) is 13.2 Å². The van der Waals surface area contributed by atoms with Gasteiger partial charge in [-0.15, -0.1) is 0 Å². The molecule has 1 aliphatic heterocycles. The van der Waals surface area contributed by atoms with Crippen LogP contribution in [0.4, 0.5) is 4.79 Å². The number of sulfonamides is 1. The molecule has 1 aromatic carbocycles. The van der Waals surface area contributed by atoms with E-state index in [9.17, 15) is 13.2 Å². The average Bonchev–Trinajstić information content (AvgIpc) is 2.74. The molecule has 1 fully saturated rings. The third-order valence-corrected chi connectivity index (χ3v) is 6.68. The fraction of sp³-hybridized carbons (Fsp3) is 0.368. The van der Waals surface area contributed by atoms with Gasteiger partial charge < -0.3 is 15.0 Å². The van der Waals surface area contributed by atoms with Crippen molar-refractivity contribution in [2.45, 2.75) is 17.9 Å². The molecule has 9 heteroatoms. The highest BCUT2D eigenvalue weighted by molar-refractivity contribution is 7.89. The summed E-state index contributed by atoms with van der Waals surface area (Å²) in [6.07, 6.45) is 3.36. The minimum Gasteiger partial charge on any atom is -0.497 e. The molecule has 2 aromatic rings. The standard InChI is InChI=1S/C19H24N4O4S/c1-15(16-7-9-20-10-8-16)21-19(24)22-11-13-23(14-12-22)28(25,26)18-5-3-17(27-2)4-6-18/h3-10,15H,11-14H2,1-2H3,(H,21,24). The van der Waals surface area contributed by atoms with Crippen molar-refractivity contribution in [3.63, 3.8) is 0 Å². The van der Waals surface area contributed by atoms with E-state index in [4.69, 9.17) is 4.74 Å². The van der Waals surface area contributed by atoms with Gasteiger partial charge in [-0.05, 0) is 48.9 Å². The van der Waals surface area contributed by atoms with Crippen molar-refractivity contribution in [2.75, 3.05) is 33.3 Å². The van der Waals surface area contributed by atoms with E-state index in [0.717, 1.165) is 5.56 Å². The molecular formula is C19H24N4O4S. The summed E-state index contributed by atoms with van der Waals surface area (Å²) in [5.74, 6) is 0.601. The molecule has 2 amide bonds. The van der Waals surface area contributed by atoms with Crippen LogP contribution in [-0.4, -0.2) is 61.9 Å². The van der Waals surface area contributed by atoms with Crippen molar-refractivity contribution in [2.24, 2.45) is 0 Å². The van der Waals surface area contributed by atoms with Gasteiger partial charge in [-0.3, -0.25) is 4.98 Å². The van der Waals surface area contributed by atoms with Crippen molar-refractivity contribution < 1.29 is 17.9 Å². The molecule has 1 atom stereocenters.